The lowest BCUT2D eigenvalue weighted by atomic mass is 10.2. The maximum absolute atomic E-state index is 12.3. The highest BCUT2D eigenvalue weighted by molar-refractivity contribution is 7.88. The average molecular weight is 374 g/mol. The van der Waals surface area contributed by atoms with Gasteiger partial charge in [-0.1, -0.05) is 0 Å². The molecule has 1 aromatic heterocycles. The monoisotopic (exact) mass is 374 g/mol. The maximum Gasteiger partial charge on any atom is 0.318 e. The third-order valence-corrected chi connectivity index (χ3v) is 5.06. The zero-order chi connectivity index (χ0) is 18.4. The number of rotatable bonds is 8. The number of carbonyl (C=O) groups excluding carboxylic acids is 1. The summed E-state index contributed by atoms with van der Waals surface area (Å²) in [6.45, 7) is 0.188. The van der Waals surface area contributed by atoms with Crippen LogP contribution in [0.2, 0.25) is 0 Å². The van der Waals surface area contributed by atoms with Crippen LogP contribution >= 0.6 is 0 Å². The van der Waals surface area contributed by atoms with E-state index in [1.807, 2.05) is 0 Å². The summed E-state index contributed by atoms with van der Waals surface area (Å²) in [7, 11) is -3.68. The molecule has 1 aliphatic heterocycles. The van der Waals surface area contributed by atoms with Crippen molar-refractivity contribution in [2.75, 3.05) is 39.0 Å². The Labute approximate surface area is 146 Å². The van der Waals surface area contributed by atoms with Crippen LogP contribution in [-0.2, 0) is 30.8 Å². The molecule has 1 aromatic rings. The Morgan fingerprint density at radius 3 is 2.80 bits per heavy atom. The van der Waals surface area contributed by atoms with Crippen molar-refractivity contribution >= 4 is 21.9 Å². The first-order valence-electron chi connectivity index (χ1n) is 7.84. The van der Waals surface area contributed by atoms with E-state index >= 15 is 0 Å². The van der Waals surface area contributed by atoms with Gasteiger partial charge >= 0.3 is 5.97 Å². The zero-order valence-corrected chi connectivity index (χ0v) is 14.8. The molecule has 1 aliphatic rings. The molecule has 2 rings (SSSR count). The van der Waals surface area contributed by atoms with Gasteiger partial charge in [-0.2, -0.15) is 4.31 Å². The number of hydrogen-bond donors (Lipinski definition) is 1. The van der Waals surface area contributed by atoms with Crippen molar-refractivity contribution in [1.82, 2.24) is 9.21 Å². The molecule has 0 aliphatic carbocycles. The van der Waals surface area contributed by atoms with E-state index in [-0.39, 0.29) is 32.0 Å². The fourth-order valence-corrected chi connectivity index (χ4v) is 3.38. The number of furan rings is 1. The predicted molar refractivity (Wildman–Crippen MR) is 87.4 cm³/mol. The fourth-order valence-electron chi connectivity index (χ4n) is 2.59. The van der Waals surface area contributed by atoms with Crippen LogP contribution in [0.5, 0.6) is 0 Å². The number of amides is 1. The standard InChI is InChI=1S/C15H22N2O7S/c1-25(21,22)17(11-15(19)20)10-13-9-16(6-8-24-13)14(18)5-4-12-3-2-7-23-12/h2-3,7,13H,4-6,8-11H2,1H3,(H,19,20). The third kappa shape index (κ3) is 6.15. The molecule has 0 saturated carbocycles. The Kier molecular flexibility index (Phi) is 6.57. The van der Waals surface area contributed by atoms with Gasteiger partial charge in [-0.15, -0.1) is 0 Å². The van der Waals surface area contributed by atoms with E-state index in [1.54, 1.807) is 23.3 Å². The van der Waals surface area contributed by atoms with Gasteiger partial charge in [-0.25, -0.2) is 8.42 Å². The second-order valence-corrected chi connectivity index (χ2v) is 7.84. The van der Waals surface area contributed by atoms with E-state index in [0.29, 0.717) is 13.0 Å². The molecule has 1 atom stereocenters. The topological polar surface area (TPSA) is 117 Å². The minimum Gasteiger partial charge on any atom is -0.480 e. The highest BCUT2D eigenvalue weighted by Crippen LogP contribution is 2.12. The number of carboxylic acid groups (broad SMARTS) is 1. The van der Waals surface area contributed by atoms with Gasteiger partial charge in [-0.3, -0.25) is 9.59 Å². The summed E-state index contributed by atoms with van der Waals surface area (Å²) in [6.07, 6.45) is 2.71. The van der Waals surface area contributed by atoms with Crippen LogP contribution in [0, 0.1) is 0 Å². The van der Waals surface area contributed by atoms with Gasteiger partial charge in [0.25, 0.3) is 0 Å². The first-order valence-corrected chi connectivity index (χ1v) is 9.69. The van der Waals surface area contributed by atoms with Crippen molar-refractivity contribution in [3.05, 3.63) is 24.2 Å². The predicted octanol–water partition coefficient (Wildman–Crippen LogP) is -0.214. The van der Waals surface area contributed by atoms with Crippen LogP contribution in [0.4, 0.5) is 0 Å². The Bertz CT molecular complexity index is 687. The molecule has 1 fully saturated rings. The number of aliphatic carboxylic acids is 1. The Morgan fingerprint density at radius 1 is 1.44 bits per heavy atom. The molecule has 1 N–H and O–H groups in total. The normalized spacial score (nSPS) is 18.5. The molecule has 0 radical (unpaired) electrons. The summed E-state index contributed by atoms with van der Waals surface area (Å²) in [5, 5.41) is 8.86. The van der Waals surface area contributed by atoms with Crippen molar-refractivity contribution in [2.45, 2.75) is 18.9 Å². The number of sulfonamides is 1. The van der Waals surface area contributed by atoms with Gasteiger partial charge in [0.2, 0.25) is 15.9 Å². The quantitative estimate of drug-likeness (QED) is 0.669. The molecule has 25 heavy (non-hydrogen) atoms. The van der Waals surface area contributed by atoms with Gasteiger partial charge in [0.1, 0.15) is 12.3 Å². The van der Waals surface area contributed by atoms with E-state index in [0.717, 1.165) is 16.3 Å². The number of aryl methyl sites for hydroxylation is 1. The maximum atomic E-state index is 12.3. The van der Waals surface area contributed by atoms with Gasteiger partial charge < -0.3 is 19.2 Å². The average Bonchev–Trinajstić information content (AvgIpc) is 3.04. The molecule has 1 saturated heterocycles. The summed E-state index contributed by atoms with van der Waals surface area (Å²) < 4.78 is 35.0. The van der Waals surface area contributed by atoms with E-state index in [2.05, 4.69) is 0 Å². The van der Waals surface area contributed by atoms with Crippen molar-refractivity contribution < 1.29 is 32.3 Å². The lowest BCUT2D eigenvalue weighted by Gasteiger charge is -2.34. The minimum atomic E-state index is -3.68. The second kappa shape index (κ2) is 8.45. The van der Waals surface area contributed by atoms with Gasteiger partial charge in [0, 0.05) is 32.5 Å². The Morgan fingerprint density at radius 2 is 2.20 bits per heavy atom. The zero-order valence-electron chi connectivity index (χ0n) is 14.0. The number of nitrogens with zero attached hydrogens (tertiary/aromatic N) is 2. The molecule has 140 valence electrons. The van der Waals surface area contributed by atoms with Crippen molar-refractivity contribution in [2.24, 2.45) is 0 Å². The highest BCUT2D eigenvalue weighted by Gasteiger charge is 2.29. The number of ether oxygens (including phenoxy) is 1. The van der Waals surface area contributed by atoms with Gasteiger partial charge in [0.05, 0.1) is 25.2 Å². The Hall–Kier alpha value is -1.91. The van der Waals surface area contributed by atoms with Crippen LogP contribution in [0.15, 0.2) is 22.8 Å². The van der Waals surface area contributed by atoms with E-state index in [4.69, 9.17) is 14.3 Å². The second-order valence-electron chi connectivity index (χ2n) is 5.86. The van der Waals surface area contributed by atoms with E-state index in [9.17, 15) is 18.0 Å². The third-order valence-electron chi connectivity index (χ3n) is 3.84. The van der Waals surface area contributed by atoms with Crippen molar-refractivity contribution in [1.29, 1.82) is 0 Å². The molecule has 10 heteroatoms. The Balaban J connectivity index is 1.90. The SMILES string of the molecule is CS(=O)(=O)N(CC(=O)O)CC1CN(C(=O)CCc2ccco2)CCO1. The summed E-state index contributed by atoms with van der Waals surface area (Å²) in [5.74, 6) is -0.593. The molecule has 0 bridgehead atoms. The van der Waals surface area contributed by atoms with Crippen LogP contribution in [0.1, 0.15) is 12.2 Å². The minimum absolute atomic E-state index is 0.0751. The first-order chi connectivity index (χ1) is 11.8. The smallest absolute Gasteiger partial charge is 0.318 e. The lowest BCUT2D eigenvalue weighted by Crippen LogP contribution is -2.51. The van der Waals surface area contributed by atoms with Gasteiger partial charge in [-0.05, 0) is 12.1 Å². The number of carbonyl (C=O) groups is 2. The molecule has 0 spiro atoms. The lowest BCUT2D eigenvalue weighted by molar-refractivity contribution is -0.141. The van der Waals surface area contributed by atoms with E-state index in [1.165, 1.54) is 0 Å². The van der Waals surface area contributed by atoms with Crippen molar-refractivity contribution in [3.63, 3.8) is 0 Å². The molecule has 0 aromatic carbocycles. The van der Waals surface area contributed by atoms with Crippen molar-refractivity contribution in [3.8, 4) is 0 Å². The first kappa shape index (κ1) is 19.4. The van der Waals surface area contributed by atoms with Gasteiger partial charge in [0.15, 0.2) is 0 Å². The largest absolute Gasteiger partial charge is 0.480 e. The summed E-state index contributed by atoms with van der Waals surface area (Å²) in [5.41, 5.74) is 0. The van der Waals surface area contributed by atoms with Crippen LogP contribution in [-0.4, -0.2) is 79.8 Å². The molecule has 2 heterocycles. The molecular formula is C15H22N2O7S. The van der Waals surface area contributed by atoms with E-state index < -0.39 is 28.6 Å². The fraction of sp³-hybridized carbons (Fsp3) is 0.600. The van der Waals surface area contributed by atoms with Crippen LogP contribution in [0.3, 0.4) is 0 Å². The molecular weight excluding hydrogens is 352 g/mol. The molecule has 1 amide bonds. The summed E-state index contributed by atoms with van der Waals surface area (Å²) >= 11 is 0. The number of carboxylic acids is 1. The summed E-state index contributed by atoms with van der Waals surface area (Å²) in [4.78, 5) is 24.8. The van der Waals surface area contributed by atoms with Crippen LogP contribution < -0.4 is 0 Å². The summed E-state index contributed by atoms with van der Waals surface area (Å²) in [6, 6.07) is 3.55. The number of morpholine rings is 1. The molecule has 1 unspecified atom stereocenters. The number of hydrogen-bond acceptors (Lipinski definition) is 6. The van der Waals surface area contributed by atoms with Crippen LogP contribution in [0.25, 0.3) is 0 Å². The highest BCUT2D eigenvalue weighted by atomic mass is 32.2. The molecule has 9 nitrogen and oxygen atoms in total.